The van der Waals surface area contributed by atoms with Crippen LogP contribution in [0.25, 0.3) is 0 Å². The molecule has 0 fully saturated rings. The molecule has 4 aliphatic heterocycles. The smallest absolute Gasteiger partial charge is 0.261 e. The number of hydrogen-bond acceptors (Lipinski definition) is 13. The van der Waals surface area contributed by atoms with E-state index < -0.39 is 0 Å². The maximum absolute atomic E-state index is 14.2. The molecule has 4 aliphatic rings. The van der Waals surface area contributed by atoms with Gasteiger partial charge in [0.05, 0.1) is 81.8 Å². The topological polar surface area (TPSA) is 133 Å². The van der Waals surface area contributed by atoms with Gasteiger partial charge in [0, 0.05) is 78.9 Å². The van der Waals surface area contributed by atoms with E-state index in [9.17, 15) is 9.59 Å². The first-order valence-electron chi connectivity index (χ1n) is 23.2. The van der Waals surface area contributed by atoms with E-state index in [-0.39, 0.29) is 41.9 Å². The van der Waals surface area contributed by atoms with E-state index in [0.29, 0.717) is 104 Å². The Labute approximate surface area is 409 Å². The lowest BCUT2D eigenvalue weighted by Gasteiger charge is -2.32. The Kier molecular flexibility index (Phi) is 14.2. The zero-order valence-electron chi connectivity index (χ0n) is 39.8. The summed E-state index contributed by atoms with van der Waals surface area (Å²) in [4.78, 5) is 39.1. The lowest BCUT2D eigenvalue weighted by molar-refractivity contribution is 0.0264. The Bertz CT molecular complexity index is 2770. The van der Waals surface area contributed by atoms with Gasteiger partial charge in [0.2, 0.25) is 0 Å². The normalized spacial score (nSPS) is 16.6. The third-order valence-electron chi connectivity index (χ3n) is 12.6. The molecular formula is C54H59N5O9S. The van der Waals surface area contributed by atoms with Crippen molar-refractivity contribution in [2.45, 2.75) is 56.7 Å². The predicted molar refractivity (Wildman–Crippen MR) is 272 cm³/mol. The molecule has 15 heteroatoms. The maximum atomic E-state index is 14.2. The Hall–Kier alpha value is -6.52. The Morgan fingerprint density at radius 1 is 0.725 bits per heavy atom. The fourth-order valence-electron chi connectivity index (χ4n) is 9.42. The molecule has 0 unspecified atom stereocenters. The number of anilines is 4. The van der Waals surface area contributed by atoms with Crippen LogP contribution < -0.4 is 39.0 Å². The van der Waals surface area contributed by atoms with Gasteiger partial charge in [-0.2, -0.15) is 12.6 Å². The number of para-hydroxylation sites is 2. The molecule has 0 aromatic heterocycles. The molecule has 0 spiro atoms. The van der Waals surface area contributed by atoms with Crippen molar-refractivity contribution in [2.75, 3.05) is 87.5 Å². The number of benzene rings is 5. The number of fused-ring (bicyclic) bond motifs is 8. The van der Waals surface area contributed by atoms with Crippen LogP contribution >= 0.6 is 12.6 Å². The number of nitrogens with one attached hydrogen (secondary N) is 1. The van der Waals surface area contributed by atoms with Crippen LogP contribution in [0.2, 0.25) is 0 Å². The summed E-state index contributed by atoms with van der Waals surface area (Å²) < 4.78 is 41.3. The molecule has 5 aromatic carbocycles. The molecule has 0 saturated heterocycles. The van der Waals surface area contributed by atoms with Crippen molar-refractivity contribution in [3.8, 4) is 23.0 Å². The SMILES string of the molecule is C=C1Nc2cc(OCc3cc(COc4cc5c(cc4OC)C(=O)N4c6ccccc6C[C@H]4C=N5)cc(N(CCOCCOCCOC)CC(C)(C)S)c3)c(OC)cc2C(=O)N2c3ccccc3C[C@@H]12. The Morgan fingerprint density at radius 2 is 1.32 bits per heavy atom. The van der Waals surface area contributed by atoms with Crippen molar-refractivity contribution in [1.29, 1.82) is 0 Å². The fourth-order valence-corrected chi connectivity index (χ4v) is 9.59. The van der Waals surface area contributed by atoms with E-state index in [0.717, 1.165) is 45.0 Å². The molecule has 5 aromatic rings. The van der Waals surface area contributed by atoms with Gasteiger partial charge in [-0.15, -0.1) is 0 Å². The van der Waals surface area contributed by atoms with Gasteiger partial charge in [-0.25, -0.2) is 0 Å². The molecule has 0 saturated carbocycles. The Morgan fingerprint density at radius 3 is 1.99 bits per heavy atom. The van der Waals surface area contributed by atoms with E-state index in [1.807, 2.05) is 64.5 Å². The Balaban J connectivity index is 0.995. The highest BCUT2D eigenvalue weighted by Crippen LogP contribution is 2.44. The van der Waals surface area contributed by atoms with Crippen LogP contribution in [0.5, 0.6) is 23.0 Å². The molecule has 9 rings (SSSR count). The first-order chi connectivity index (χ1) is 33.4. The summed E-state index contributed by atoms with van der Waals surface area (Å²) in [6.45, 7) is 12.4. The van der Waals surface area contributed by atoms with Gasteiger partial charge in [0.25, 0.3) is 11.8 Å². The van der Waals surface area contributed by atoms with E-state index in [1.165, 1.54) is 0 Å². The highest BCUT2D eigenvalue weighted by atomic mass is 32.1. The van der Waals surface area contributed by atoms with Crippen LogP contribution in [0.1, 0.15) is 56.8 Å². The van der Waals surface area contributed by atoms with Crippen LogP contribution in [0.15, 0.2) is 108 Å². The average Bonchev–Trinajstić information content (AvgIpc) is 3.86. The van der Waals surface area contributed by atoms with E-state index in [2.05, 4.69) is 54.9 Å². The average molecular weight is 954 g/mol. The van der Waals surface area contributed by atoms with Gasteiger partial charge < -0.3 is 43.4 Å². The monoisotopic (exact) mass is 953 g/mol. The van der Waals surface area contributed by atoms with Gasteiger partial charge in [-0.1, -0.05) is 43.0 Å². The molecule has 2 amide bonds. The molecule has 4 heterocycles. The number of hydrogen-bond donors (Lipinski definition) is 2. The highest BCUT2D eigenvalue weighted by Gasteiger charge is 2.40. The number of thiol groups is 1. The van der Waals surface area contributed by atoms with Crippen LogP contribution in [-0.4, -0.2) is 102 Å². The summed E-state index contributed by atoms with van der Waals surface area (Å²) in [5.41, 5.74) is 9.33. The van der Waals surface area contributed by atoms with E-state index >= 15 is 0 Å². The molecular weight excluding hydrogens is 895 g/mol. The number of amides is 2. The lowest BCUT2D eigenvalue weighted by atomic mass is 10.1. The molecule has 2 atom stereocenters. The van der Waals surface area contributed by atoms with Crippen LogP contribution in [-0.2, 0) is 40.3 Å². The summed E-state index contributed by atoms with van der Waals surface area (Å²) >= 11 is 4.94. The van der Waals surface area contributed by atoms with Crippen LogP contribution in [0.3, 0.4) is 0 Å². The lowest BCUT2D eigenvalue weighted by Crippen LogP contribution is -2.38. The number of rotatable bonds is 20. The number of carbonyl (C=O) groups is 2. The number of nitrogens with zero attached hydrogens (tertiary/aromatic N) is 4. The second kappa shape index (κ2) is 20.6. The standard InChI is InChI=1S/C54H59N5O9S/c1-34-47-25-38-12-8-10-14-46(38)59(47)53(61)42-27-49(64-6)51(29-44(42)56-34)68-32-36-21-35(22-39(23-36)57(33-54(2,3)69)15-16-65-19-20-66-18-17-62-4)31-67-50-28-43-41(26-48(50)63-5)52(60)58-40(30-55-43)24-37-11-7-9-13-45(37)58/h7-14,21-23,26-30,40,47,56,69H,1,15-20,24-25,31-33H2,2-6H3/t40-,47-/m0/s1. The fraction of sp³-hybridized carbons (Fsp3) is 0.352. The maximum Gasteiger partial charge on any atom is 0.261 e. The number of aliphatic imine (C=N–C) groups is 1. The van der Waals surface area contributed by atoms with Crippen molar-refractivity contribution in [3.05, 3.63) is 137 Å². The van der Waals surface area contributed by atoms with Crippen molar-refractivity contribution in [1.82, 2.24) is 0 Å². The van der Waals surface area contributed by atoms with E-state index in [1.54, 1.807) is 39.5 Å². The largest absolute Gasteiger partial charge is 0.493 e. The summed E-state index contributed by atoms with van der Waals surface area (Å²) in [5, 5.41) is 3.44. The zero-order valence-corrected chi connectivity index (χ0v) is 40.7. The van der Waals surface area contributed by atoms with Crippen LogP contribution in [0, 0.1) is 0 Å². The van der Waals surface area contributed by atoms with Gasteiger partial charge in [-0.3, -0.25) is 24.4 Å². The van der Waals surface area contributed by atoms with Gasteiger partial charge in [0.15, 0.2) is 23.0 Å². The van der Waals surface area contributed by atoms with Crippen molar-refractivity contribution >= 4 is 59.1 Å². The summed E-state index contributed by atoms with van der Waals surface area (Å²) in [6.07, 6.45) is 3.21. The minimum absolute atomic E-state index is 0.140. The minimum atomic E-state index is -0.364. The first-order valence-corrected chi connectivity index (χ1v) is 23.6. The molecule has 1 N–H and O–H groups in total. The van der Waals surface area contributed by atoms with E-state index in [4.69, 9.17) is 50.8 Å². The second-order valence-corrected chi connectivity index (χ2v) is 19.3. The molecule has 0 bridgehead atoms. The van der Waals surface area contributed by atoms with Crippen LogP contribution in [0.4, 0.5) is 28.4 Å². The molecule has 0 aliphatic carbocycles. The molecule has 14 nitrogen and oxygen atoms in total. The highest BCUT2D eigenvalue weighted by molar-refractivity contribution is 7.81. The van der Waals surface area contributed by atoms with Gasteiger partial charge in [-0.05, 0) is 78.6 Å². The molecule has 69 heavy (non-hydrogen) atoms. The van der Waals surface area contributed by atoms with Crippen molar-refractivity contribution in [2.24, 2.45) is 4.99 Å². The number of carbonyl (C=O) groups excluding carboxylic acids is 2. The third-order valence-corrected chi connectivity index (χ3v) is 12.8. The first kappa shape index (κ1) is 47.5. The predicted octanol–water partition coefficient (Wildman–Crippen LogP) is 8.85. The third kappa shape index (κ3) is 10.3. The summed E-state index contributed by atoms with van der Waals surface area (Å²) in [7, 11) is 4.78. The zero-order chi connectivity index (χ0) is 48.2. The number of ether oxygens (including phenoxy) is 7. The second-order valence-electron chi connectivity index (χ2n) is 18.1. The summed E-state index contributed by atoms with van der Waals surface area (Å²) in [6, 6.07) is 28.8. The molecule has 360 valence electrons. The van der Waals surface area contributed by atoms with Crippen molar-refractivity contribution < 1.29 is 42.7 Å². The minimum Gasteiger partial charge on any atom is -0.493 e. The van der Waals surface area contributed by atoms with Crippen molar-refractivity contribution in [3.63, 3.8) is 0 Å². The van der Waals surface area contributed by atoms with Gasteiger partial charge >= 0.3 is 0 Å². The quantitative estimate of drug-likeness (QED) is 0.0573. The number of methoxy groups -OCH3 is 3. The summed E-state index contributed by atoms with van der Waals surface area (Å²) in [5.74, 6) is 1.46. The van der Waals surface area contributed by atoms with Gasteiger partial charge in [0.1, 0.15) is 13.2 Å². The molecule has 0 radical (unpaired) electrons.